The maximum Gasteiger partial charge on any atom is 0.229 e. The highest BCUT2D eigenvalue weighted by Gasteiger charge is 2.35. The molecule has 124 valence electrons. The van der Waals surface area contributed by atoms with Crippen molar-refractivity contribution < 1.29 is 14.4 Å². The van der Waals surface area contributed by atoms with Gasteiger partial charge in [0.2, 0.25) is 11.8 Å². The van der Waals surface area contributed by atoms with Gasteiger partial charge >= 0.3 is 0 Å². The van der Waals surface area contributed by atoms with Gasteiger partial charge in [-0.05, 0) is 32.4 Å². The fourth-order valence-corrected chi connectivity index (χ4v) is 3.07. The van der Waals surface area contributed by atoms with E-state index in [0.717, 1.165) is 25.1 Å². The monoisotopic (exact) mass is 318 g/mol. The molecule has 1 aliphatic heterocycles. The highest BCUT2D eigenvalue weighted by Crippen LogP contribution is 2.26. The van der Waals surface area contributed by atoms with Crippen LogP contribution in [0, 0.1) is 6.92 Å². The summed E-state index contributed by atoms with van der Waals surface area (Å²) < 4.78 is 10.3. The molecule has 1 N–H and O–H groups in total. The standard InChI is InChI=1S/C16H22N4O3/c1-12-17-15(23-19-12)9-16(21)7-4-8-20(11-16)10-13-5-3-6-14(18-13)22-2/h3,5-6,21H,4,7-11H2,1-2H3. The number of methoxy groups -OCH3 is 1. The van der Waals surface area contributed by atoms with E-state index in [2.05, 4.69) is 20.0 Å². The summed E-state index contributed by atoms with van der Waals surface area (Å²) >= 11 is 0. The first kappa shape index (κ1) is 15.9. The Bertz CT molecular complexity index is 660. The third-order valence-electron chi connectivity index (χ3n) is 4.06. The summed E-state index contributed by atoms with van der Waals surface area (Å²) in [4.78, 5) is 10.8. The lowest BCUT2D eigenvalue weighted by atomic mass is 9.89. The van der Waals surface area contributed by atoms with Crippen molar-refractivity contribution in [3.63, 3.8) is 0 Å². The molecule has 0 amide bonds. The van der Waals surface area contributed by atoms with Crippen molar-refractivity contribution in [2.45, 2.75) is 38.3 Å². The summed E-state index contributed by atoms with van der Waals surface area (Å²) in [6, 6.07) is 5.73. The predicted octanol–water partition coefficient (Wildman–Crippen LogP) is 1.35. The number of aromatic nitrogens is 3. The maximum absolute atomic E-state index is 10.9. The molecule has 3 rings (SSSR count). The smallest absolute Gasteiger partial charge is 0.229 e. The third-order valence-corrected chi connectivity index (χ3v) is 4.06. The average molecular weight is 318 g/mol. The number of aryl methyl sites for hydroxylation is 1. The number of β-amino-alcohol motifs (C(OH)–C–C–N with tert-alkyl or cyclic N) is 1. The van der Waals surface area contributed by atoms with Crippen molar-refractivity contribution in [1.82, 2.24) is 20.0 Å². The Kier molecular flexibility index (Phi) is 4.58. The molecule has 0 aromatic carbocycles. The first-order valence-corrected chi connectivity index (χ1v) is 7.80. The maximum atomic E-state index is 10.9. The van der Waals surface area contributed by atoms with Crippen molar-refractivity contribution in [3.05, 3.63) is 35.6 Å². The number of rotatable bonds is 5. The molecule has 2 aromatic heterocycles. The van der Waals surface area contributed by atoms with Crippen LogP contribution in [0.1, 0.15) is 30.3 Å². The molecule has 0 saturated carbocycles. The zero-order chi connectivity index (χ0) is 16.3. The molecule has 1 aliphatic rings. The van der Waals surface area contributed by atoms with E-state index in [1.165, 1.54) is 0 Å². The predicted molar refractivity (Wildman–Crippen MR) is 83.0 cm³/mol. The van der Waals surface area contributed by atoms with Crippen molar-refractivity contribution in [1.29, 1.82) is 0 Å². The van der Waals surface area contributed by atoms with Crippen LogP contribution in [0.15, 0.2) is 22.7 Å². The van der Waals surface area contributed by atoms with Crippen LogP contribution in [0.4, 0.5) is 0 Å². The molecular weight excluding hydrogens is 296 g/mol. The van der Waals surface area contributed by atoms with Gasteiger partial charge in [0.15, 0.2) is 5.82 Å². The van der Waals surface area contributed by atoms with Crippen LogP contribution in [0.2, 0.25) is 0 Å². The molecule has 0 aliphatic carbocycles. The fourth-order valence-electron chi connectivity index (χ4n) is 3.07. The van der Waals surface area contributed by atoms with Crippen molar-refractivity contribution in [2.75, 3.05) is 20.2 Å². The van der Waals surface area contributed by atoms with Crippen molar-refractivity contribution in [3.8, 4) is 5.88 Å². The lowest BCUT2D eigenvalue weighted by Gasteiger charge is -2.38. The van der Waals surface area contributed by atoms with E-state index >= 15 is 0 Å². The quantitative estimate of drug-likeness (QED) is 0.890. The zero-order valence-electron chi connectivity index (χ0n) is 13.5. The molecule has 7 nitrogen and oxygen atoms in total. The fraction of sp³-hybridized carbons (Fsp3) is 0.562. The van der Waals surface area contributed by atoms with Gasteiger partial charge < -0.3 is 14.4 Å². The van der Waals surface area contributed by atoms with E-state index in [4.69, 9.17) is 9.26 Å². The van der Waals surface area contributed by atoms with Crippen molar-refractivity contribution in [2.24, 2.45) is 0 Å². The molecular formula is C16H22N4O3. The summed E-state index contributed by atoms with van der Waals surface area (Å²) in [7, 11) is 1.61. The van der Waals surface area contributed by atoms with Crippen LogP contribution in [0.25, 0.3) is 0 Å². The second-order valence-corrected chi connectivity index (χ2v) is 6.12. The number of hydrogen-bond acceptors (Lipinski definition) is 7. The molecule has 2 aromatic rings. The summed E-state index contributed by atoms with van der Waals surface area (Å²) in [6.07, 6.45) is 2.04. The minimum absolute atomic E-state index is 0.385. The molecule has 1 unspecified atom stereocenters. The van der Waals surface area contributed by atoms with Gasteiger partial charge in [-0.3, -0.25) is 4.90 Å². The SMILES string of the molecule is COc1cccc(CN2CCCC(O)(Cc3nc(C)no3)C2)n1. The van der Waals surface area contributed by atoms with Crippen LogP contribution in [-0.2, 0) is 13.0 Å². The Hall–Kier alpha value is -1.99. The van der Waals surface area contributed by atoms with Gasteiger partial charge in [-0.1, -0.05) is 11.2 Å². The van der Waals surface area contributed by atoms with Gasteiger partial charge in [-0.25, -0.2) is 4.98 Å². The highest BCUT2D eigenvalue weighted by atomic mass is 16.5. The second kappa shape index (κ2) is 6.64. The largest absolute Gasteiger partial charge is 0.481 e. The molecule has 0 bridgehead atoms. The lowest BCUT2D eigenvalue weighted by Crippen LogP contribution is -2.49. The van der Waals surface area contributed by atoms with E-state index in [-0.39, 0.29) is 0 Å². The van der Waals surface area contributed by atoms with Crippen LogP contribution >= 0.6 is 0 Å². The minimum atomic E-state index is -0.837. The molecule has 1 fully saturated rings. The Morgan fingerprint density at radius 2 is 2.26 bits per heavy atom. The Morgan fingerprint density at radius 3 is 3.00 bits per heavy atom. The van der Waals surface area contributed by atoms with Gasteiger partial charge in [-0.15, -0.1) is 0 Å². The van der Waals surface area contributed by atoms with Crippen LogP contribution < -0.4 is 4.74 Å². The molecule has 1 saturated heterocycles. The van der Waals surface area contributed by atoms with Crippen LogP contribution in [-0.4, -0.2) is 50.9 Å². The summed E-state index contributed by atoms with van der Waals surface area (Å²) in [5.74, 6) is 1.69. The first-order valence-electron chi connectivity index (χ1n) is 7.80. The first-order chi connectivity index (χ1) is 11.1. The van der Waals surface area contributed by atoms with Gasteiger partial charge in [0, 0.05) is 19.2 Å². The number of pyridine rings is 1. The van der Waals surface area contributed by atoms with E-state index in [0.29, 0.717) is 37.1 Å². The Balaban J connectivity index is 1.65. The number of piperidine rings is 1. The molecule has 1 atom stereocenters. The Morgan fingerprint density at radius 1 is 1.39 bits per heavy atom. The number of hydrogen-bond donors (Lipinski definition) is 1. The van der Waals surface area contributed by atoms with Crippen LogP contribution in [0.3, 0.4) is 0 Å². The summed E-state index contributed by atoms with van der Waals surface area (Å²) in [6.45, 7) is 3.96. The van der Waals surface area contributed by atoms with Gasteiger partial charge in [0.05, 0.1) is 24.8 Å². The van der Waals surface area contributed by atoms with E-state index in [1.807, 2.05) is 18.2 Å². The highest BCUT2D eigenvalue weighted by molar-refractivity contribution is 5.15. The van der Waals surface area contributed by atoms with E-state index in [1.54, 1.807) is 14.0 Å². The normalized spacial score (nSPS) is 22.2. The average Bonchev–Trinajstić information content (AvgIpc) is 2.92. The number of ether oxygens (including phenoxy) is 1. The topological polar surface area (TPSA) is 84.5 Å². The van der Waals surface area contributed by atoms with Crippen LogP contribution in [0.5, 0.6) is 5.88 Å². The second-order valence-electron chi connectivity index (χ2n) is 6.12. The van der Waals surface area contributed by atoms with Gasteiger partial charge in [-0.2, -0.15) is 4.98 Å². The van der Waals surface area contributed by atoms with E-state index < -0.39 is 5.60 Å². The Labute approximate surface area is 135 Å². The third kappa shape index (κ3) is 4.05. The van der Waals surface area contributed by atoms with Crippen molar-refractivity contribution >= 4 is 0 Å². The number of nitrogens with zero attached hydrogens (tertiary/aromatic N) is 4. The van der Waals surface area contributed by atoms with E-state index in [9.17, 15) is 5.11 Å². The molecule has 23 heavy (non-hydrogen) atoms. The summed E-state index contributed by atoms with van der Waals surface area (Å²) in [5, 5.41) is 14.7. The zero-order valence-corrected chi connectivity index (χ0v) is 13.5. The molecule has 0 spiro atoms. The van der Waals surface area contributed by atoms with Gasteiger partial charge in [0.1, 0.15) is 0 Å². The van der Waals surface area contributed by atoms with Gasteiger partial charge in [0.25, 0.3) is 0 Å². The number of aliphatic hydroxyl groups is 1. The minimum Gasteiger partial charge on any atom is -0.481 e. The molecule has 7 heteroatoms. The lowest BCUT2D eigenvalue weighted by molar-refractivity contribution is -0.0376. The summed E-state index contributed by atoms with van der Waals surface area (Å²) in [5.41, 5.74) is 0.0954. The molecule has 3 heterocycles. The number of likely N-dealkylation sites (tertiary alicyclic amines) is 1. The molecule has 0 radical (unpaired) electrons.